The van der Waals surface area contributed by atoms with E-state index in [-0.39, 0.29) is 5.43 Å². The van der Waals surface area contributed by atoms with Crippen molar-refractivity contribution in [2.24, 2.45) is 0 Å². The normalized spacial score (nSPS) is 18.2. The van der Waals surface area contributed by atoms with E-state index in [1.807, 2.05) is 6.92 Å². The molecule has 5 nitrogen and oxygen atoms in total. The van der Waals surface area contributed by atoms with Crippen LogP contribution in [0.2, 0.25) is 5.02 Å². The van der Waals surface area contributed by atoms with Crippen molar-refractivity contribution in [1.82, 2.24) is 4.98 Å². The van der Waals surface area contributed by atoms with Crippen molar-refractivity contribution in [3.63, 3.8) is 0 Å². The summed E-state index contributed by atoms with van der Waals surface area (Å²) in [7, 11) is 1.61. The van der Waals surface area contributed by atoms with E-state index in [0.717, 1.165) is 37.4 Å². The monoisotopic (exact) mass is 489 g/mol. The topological polar surface area (TPSA) is 51.0 Å². The fourth-order valence-corrected chi connectivity index (χ4v) is 5.71. The zero-order chi connectivity index (χ0) is 24.4. The molecule has 35 heavy (non-hydrogen) atoms. The highest BCUT2D eigenvalue weighted by Crippen LogP contribution is 2.28. The zero-order valence-corrected chi connectivity index (χ0v) is 21.0. The number of aryl methyl sites for hydroxylation is 1. The van der Waals surface area contributed by atoms with E-state index in [1.54, 1.807) is 24.1 Å². The lowest BCUT2D eigenvalue weighted by molar-refractivity contribution is -1.03. The van der Waals surface area contributed by atoms with E-state index in [4.69, 9.17) is 16.3 Å². The average molecular weight is 490 g/mol. The number of H-pyrrole nitrogens is 1. The summed E-state index contributed by atoms with van der Waals surface area (Å²) >= 11 is 6.44. The van der Waals surface area contributed by atoms with Crippen molar-refractivity contribution < 1.29 is 14.5 Å². The molecule has 0 unspecified atom stereocenters. The number of aromatic nitrogens is 1. The Balaban J connectivity index is 1.37. The fraction of sp³-hybridized carbons (Fsp3) is 0.276. The standard InChI is InChI=1S/C29H30ClN3O2/c1-20-23(29(34)26-24(30)13-14-25(35-2)27(26)31-20)19-32-15-17-33(18-16-32)28(21-9-5-3-6-10-21)22-11-7-4-8-12-22/h3-14,28H,15-19H2,1-2H3,(H,31,34)/p+2. The van der Waals surface area contributed by atoms with E-state index >= 15 is 0 Å². The minimum Gasteiger partial charge on any atom is -0.495 e. The lowest BCUT2D eigenvalue weighted by Gasteiger charge is -2.35. The van der Waals surface area contributed by atoms with Crippen LogP contribution in [-0.4, -0.2) is 38.3 Å². The molecule has 5 rings (SSSR count). The first-order chi connectivity index (χ1) is 17.1. The van der Waals surface area contributed by atoms with E-state index in [9.17, 15) is 4.79 Å². The van der Waals surface area contributed by atoms with Crippen LogP contribution in [0, 0.1) is 6.92 Å². The third kappa shape index (κ3) is 4.72. The minimum atomic E-state index is 0.00822. The summed E-state index contributed by atoms with van der Waals surface area (Å²) in [6.07, 6.45) is 0. The summed E-state index contributed by atoms with van der Waals surface area (Å²) in [5.74, 6) is 0.633. The summed E-state index contributed by atoms with van der Waals surface area (Å²) < 4.78 is 5.45. The molecule has 4 aromatic rings. The van der Waals surface area contributed by atoms with Crippen LogP contribution in [0.25, 0.3) is 10.9 Å². The molecule has 2 heterocycles. The van der Waals surface area contributed by atoms with E-state index in [1.165, 1.54) is 16.0 Å². The highest BCUT2D eigenvalue weighted by molar-refractivity contribution is 6.35. The van der Waals surface area contributed by atoms with Gasteiger partial charge in [0.05, 0.1) is 28.6 Å². The van der Waals surface area contributed by atoms with Crippen molar-refractivity contribution in [3.05, 3.63) is 110 Å². The smallest absolute Gasteiger partial charge is 0.200 e. The molecular weight excluding hydrogens is 458 g/mol. The SMILES string of the molecule is COc1ccc(Cl)c2c(=O)c(C[NH+]3CC[NH+](C(c4ccccc4)c4ccccc4)CC3)c(C)[nH]c12. The molecule has 0 amide bonds. The van der Waals surface area contributed by atoms with Gasteiger partial charge in [-0.05, 0) is 19.1 Å². The number of quaternary nitrogens is 2. The summed E-state index contributed by atoms with van der Waals surface area (Å²) in [5.41, 5.74) is 5.08. The largest absolute Gasteiger partial charge is 0.495 e. The van der Waals surface area contributed by atoms with Crippen molar-refractivity contribution in [2.75, 3.05) is 33.3 Å². The van der Waals surface area contributed by atoms with Crippen LogP contribution >= 0.6 is 11.6 Å². The Morgan fingerprint density at radius 2 is 1.51 bits per heavy atom. The molecule has 180 valence electrons. The number of halogens is 1. The molecule has 1 aliphatic heterocycles. The van der Waals surface area contributed by atoms with Gasteiger partial charge in [-0.2, -0.15) is 0 Å². The Morgan fingerprint density at radius 3 is 2.09 bits per heavy atom. The first kappa shape index (κ1) is 23.6. The number of piperazine rings is 1. The second kappa shape index (κ2) is 10.2. The molecule has 0 atom stereocenters. The Kier molecular flexibility index (Phi) is 6.91. The zero-order valence-electron chi connectivity index (χ0n) is 20.2. The lowest BCUT2D eigenvalue weighted by atomic mass is 9.96. The molecule has 3 N–H and O–H groups in total. The number of methoxy groups -OCH3 is 1. The molecule has 0 spiro atoms. The number of hydrogen-bond donors (Lipinski definition) is 3. The Morgan fingerprint density at radius 1 is 0.914 bits per heavy atom. The number of fused-ring (bicyclic) bond motifs is 1. The average Bonchev–Trinajstić information content (AvgIpc) is 2.89. The van der Waals surface area contributed by atoms with Gasteiger partial charge in [-0.15, -0.1) is 0 Å². The molecular formula is C29H32ClN3O2+2. The summed E-state index contributed by atoms with van der Waals surface area (Å²) in [6, 6.07) is 25.4. The van der Waals surface area contributed by atoms with Crippen molar-refractivity contribution in [3.8, 4) is 5.75 Å². The maximum atomic E-state index is 13.5. The number of ether oxygens (including phenoxy) is 1. The lowest BCUT2D eigenvalue weighted by Crippen LogP contribution is -3.27. The molecule has 3 aromatic carbocycles. The maximum Gasteiger partial charge on any atom is 0.200 e. The highest BCUT2D eigenvalue weighted by Gasteiger charge is 2.32. The third-order valence-corrected chi connectivity index (χ3v) is 7.62. The van der Waals surface area contributed by atoms with Gasteiger partial charge in [0, 0.05) is 16.8 Å². The van der Waals surface area contributed by atoms with Gasteiger partial charge in [0.2, 0.25) is 0 Å². The van der Waals surface area contributed by atoms with Crippen LogP contribution < -0.4 is 20.0 Å². The molecule has 1 aromatic heterocycles. The van der Waals surface area contributed by atoms with Crippen molar-refractivity contribution in [2.45, 2.75) is 19.5 Å². The molecule has 0 radical (unpaired) electrons. The van der Waals surface area contributed by atoms with Gasteiger partial charge in [0.15, 0.2) is 5.43 Å². The summed E-state index contributed by atoms with van der Waals surface area (Å²) in [4.78, 5) is 19.9. The number of hydrogen-bond acceptors (Lipinski definition) is 2. The number of rotatable bonds is 6. The molecule has 0 aliphatic carbocycles. The van der Waals surface area contributed by atoms with Gasteiger partial charge in [-0.25, -0.2) is 0 Å². The van der Waals surface area contributed by atoms with Crippen LogP contribution in [0.3, 0.4) is 0 Å². The Hall–Kier alpha value is -3.12. The van der Waals surface area contributed by atoms with Gasteiger partial charge in [-0.1, -0.05) is 72.3 Å². The highest BCUT2D eigenvalue weighted by atomic mass is 35.5. The number of aromatic amines is 1. The van der Waals surface area contributed by atoms with E-state index in [0.29, 0.717) is 34.3 Å². The second-order valence-corrected chi connectivity index (χ2v) is 9.80. The van der Waals surface area contributed by atoms with Gasteiger partial charge < -0.3 is 19.5 Å². The van der Waals surface area contributed by atoms with Gasteiger partial charge in [0.1, 0.15) is 44.5 Å². The van der Waals surface area contributed by atoms with Crippen LogP contribution in [0.1, 0.15) is 28.4 Å². The maximum absolute atomic E-state index is 13.5. The second-order valence-electron chi connectivity index (χ2n) is 9.40. The number of benzene rings is 3. The molecule has 6 heteroatoms. The van der Waals surface area contributed by atoms with Crippen LogP contribution in [0.15, 0.2) is 77.6 Å². The molecule has 0 saturated carbocycles. The van der Waals surface area contributed by atoms with E-state index in [2.05, 4.69) is 65.6 Å². The Labute approximate surface area is 210 Å². The third-order valence-electron chi connectivity index (χ3n) is 7.30. The molecule has 1 fully saturated rings. The number of pyridine rings is 1. The van der Waals surface area contributed by atoms with Crippen LogP contribution in [0.4, 0.5) is 0 Å². The summed E-state index contributed by atoms with van der Waals surface area (Å²) in [5, 5.41) is 0.977. The predicted octanol–water partition coefficient (Wildman–Crippen LogP) is 2.57. The first-order valence-electron chi connectivity index (χ1n) is 12.2. The predicted molar refractivity (Wildman–Crippen MR) is 141 cm³/mol. The fourth-order valence-electron chi connectivity index (χ4n) is 5.47. The molecule has 0 bridgehead atoms. The molecule has 1 saturated heterocycles. The first-order valence-corrected chi connectivity index (χ1v) is 12.6. The van der Waals surface area contributed by atoms with Gasteiger partial charge in [-0.3, -0.25) is 4.79 Å². The summed E-state index contributed by atoms with van der Waals surface area (Å²) in [6.45, 7) is 6.77. The van der Waals surface area contributed by atoms with Crippen LogP contribution in [0.5, 0.6) is 5.75 Å². The Bertz CT molecular complexity index is 1320. The van der Waals surface area contributed by atoms with Crippen LogP contribution in [-0.2, 0) is 6.54 Å². The van der Waals surface area contributed by atoms with E-state index < -0.39 is 0 Å². The quantitative estimate of drug-likeness (QED) is 0.390. The van der Waals surface area contributed by atoms with Gasteiger partial charge >= 0.3 is 0 Å². The minimum absolute atomic E-state index is 0.00822. The van der Waals surface area contributed by atoms with Crippen molar-refractivity contribution in [1.29, 1.82) is 0 Å². The van der Waals surface area contributed by atoms with Gasteiger partial charge in [0.25, 0.3) is 0 Å². The molecule has 1 aliphatic rings. The number of nitrogens with one attached hydrogen (secondary N) is 3. The van der Waals surface area contributed by atoms with Crippen molar-refractivity contribution >= 4 is 22.5 Å².